The molecule has 2 aromatic carbocycles. The van der Waals surface area contributed by atoms with Gasteiger partial charge in [0.2, 0.25) is 0 Å². The van der Waals surface area contributed by atoms with Crippen molar-refractivity contribution in [1.82, 2.24) is 10.3 Å². The Bertz CT molecular complexity index is 926. The minimum absolute atomic E-state index is 0.253. The van der Waals surface area contributed by atoms with E-state index in [2.05, 4.69) is 41.2 Å². The highest BCUT2D eigenvalue weighted by atomic mass is 19.1. The van der Waals surface area contributed by atoms with E-state index in [0.29, 0.717) is 24.2 Å². The standard InChI is InChI=1S/C24H26FN3O/c1-18(2)28(17-19-8-4-3-5-9-19)21-12-13-23(27-16-21)24(29)26-15-14-20-10-6-7-11-22(20)25/h3-13,16,18H,14-15,17H2,1-2H3,(H,26,29). The second kappa shape index (κ2) is 9.82. The van der Waals surface area contributed by atoms with Gasteiger partial charge in [-0.2, -0.15) is 0 Å². The average Bonchev–Trinajstić information content (AvgIpc) is 2.74. The number of benzene rings is 2. The summed E-state index contributed by atoms with van der Waals surface area (Å²) in [7, 11) is 0. The number of rotatable bonds is 8. The maximum absolute atomic E-state index is 13.6. The molecule has 1 aromatic heterocycles. The van der Waals surface area contributed by atoms with Gasteiger partial charge in [-0.15, -0.1) is 0 Å². The van der Waals surface area contributed by atoms with Gasteiger partial charge in [-0.3, -0.25) is 4.79 Å². The summed E-state index contributed by atoms with van der Waals surface area (Å²) in [6, 6.07) is 20.8. The number of nitrogens with zero attached hydrogens (tertiary/aromatic N) is 2. The van der Waals surface area contributed by atoms with Gasteiger partial charge in [-0.25, -0.2) is 9.37 Å². The number of pyridine rings is 1. The molecule has 0 unspecified atom stereocenters. The molecule has 0 saturated carbocycles. The predicted octanol–water partition coefficient (Wildman–Crippen LogP) is 4.61. The molecule has 0 aliphatic rings. The van der Waals surface area contributed by atoms with Crippen LogP contribution >= 0.6 is 0 Å². The number of halogens is 1. The van der Waals surface area contributed by atoms with Crippen molar-refractivity contribution in [3.05, 3.63) is 95.6 Å². The molecule has 3 rings (SSSR count). The number of carbonyl (C=O) groups is 1. The molecule has 3 aromatic rings. The van der Waals surface area contributed by atoms with E-state index in [1.165, 1.54) is 11.6 Å². The van der Waals surface area contributed by atoms with Crippen molar-refractivity contribution >= 4 is 11.6 Å². The van der Waals surface area contributed by atoms with Gasteiger partial charge in [-0.1, -0.05) is 48.5 Å². The molecule has 0 bridgehead atoms. The topological polar surface area (TPSA) is 45.2 Å². The summed E-state index contributed by atoms with van der Waals surface area (Å²) >= 11 is 0. The van der Waals surface area contributed by atoms with Gasteiger partial charge in [0.1, 0.15) is 11.5 Å². The van der Waals surface area contributed by atoms with Crippen LogP contribution in [0.5, 0.6) is 0 Å². The first kappa shape index (κ1) is 20.5. The molecule has 0 saturated heterocycles. The van der Waals surface area contributed by atoms with Crippen molar-refractivity contribution in [3.8, 4) is 0 Å². The maximum Gasteiger partial charge on any atom is 0.269 e. The molecule has 0 fully saturated rings. The van der Waals surface area contributed by atoms with E-state index in [9.17, 15) is 9.18 Å². The fourth-order valence-corrected chi connectivity index (χ4v) is 3.14. The van der Waals surface area contributed by atoms with Crippen LogP contribution in [0.25, 0.3) is 0 Å². The van der Waals surface area contributed by atoms with Gasteiger partial charge in [-0.05, 0) is 49.6 Å². The molecule has 150 valence electrons. The minimum Gasteiger partial charge on any atom is -0.364 e. The van der Waals surface area contributed by atoms with Gasteiger partial charge in [0.05, 0.1) is 11.9 Å². The van der Waals surface area contributed by atoms with Gasteiger partial charge in [0, 0.05) is 19.1 Å². The van der Waals surface area contributed by atoms with E-state index in [1.54, 1.807) is 30.5 Å². The number of aromatic nitrogens is 1. The minimum atomic E-state index is -0.257. The normalized spacial score (nSPS) is 10.8. The molecule has 29 heavy (non-hydrogen) atoms. The number of amides is 1. The molecule has 1 amide bonds. The Morgan fingerprint density at radius 1 is 1.03 bits per heavy atom. The zero-order valence-corrected chi connectivity index (χ0v) is 16.8. The van der Waals surface area contributed by atoms with Crippen molar-refractivity contribution in [1.29, 1.82) is 0 Å². The fraction of sp³-hybridized carbons (Fsp3) is 0.250. The van der Waals surface area contributed by atoms with E-state index in [-0.39, 0.29) is 17.8 Å². The molecular weight excluding hydrogens is 365 g/mol. The van der Waals surface area contributed by atoms with Gasteiger partial charge >= 0.3 is 0 Å². The largest absolute Gasteiger partial charge is 0.364 e. The van der Waals surface area contributed by atoms with Crippen LogP contribution in [-0.4, -0.2) is 23.5 Å². The predicted molar refractivity (Wildman–Crippen MR) is 114 cm³/mol. The van der Waals surface area contributed by atoms with E-state index in [4.69, 9.17) is 0 Å². The quantitative estimate of drug-likeness (QED) is 0.610. The number of carbonyl (C=O) groups excluding carboxylic acids is 1. The van der Waals surface area contributed by atoms with Crippen molar-refractivity contribution in [2.45, 2.75) is 32.9 Å². The lowest BCUT2D eigenvalue weighted by Gasteiger charge is -2.29. The third kappa shape index (κ3) is 5.64. The third-order valence-corrected chi connectivity index (χ3v) is 4.77. The Kier molecular flexibility index (Phi) is 6.95. The number of hydrogen-bond acceptors (Lipinski definition) is 3. The second-order valence-corrected chi connectivity index (χ2v) is 7.21. The fourth-order valence-electron chi connectivity index (χ4n) is 3.14. The summed E-state index contributed by atoms with van der Waals surface area (Å²) < 4.78 is 13.6. The molecule has 0 atom stereocenters. The first-order chi connectivity index (χ1) is 14.0. The molecule has 0 spiro atoms. The SMILES string of the molecule is CC(C)N(Cc1ccccc1)c1ccc(C(=O)NCCc2ccccc2F)nc1. The third-order valence-electron chi connectivity index (χ3n) is 4.77. The molecule has 1 heterocycles. The van der Waals surface area contributed by atoms with E-state index < -0.39 is 0 Å². The second-order valence-electron chi connectivity index (χ2n) is 7.21. The van der Waals surface area contributed by atoms with Crippen LogP contribution < -0.4 is 10.2 Å². The van der Waals surface area contributed by atoms with E-state index >= 15 is 0 Å². The number of hydrogen-bond donors (Lipinski definition) is 1. The van der Waals surface area contributed by atoms with Gasteiger partial charge in [0.25, 0.3) is 5.91 Å². The average molecular weight is 391 g/mol. The molecule has 4 nitrogen and oxygen atoms in total. The Labute approximate surface area is 171 Å². The highest BCUT2D eigenvalue weighted by Gasteiger charge is 2.13. The zero-order valence-electron chi connectivity index (χ0n) is 16.8. The highest BCUT2D eigenvalue weighted by Crippen LogP contribution is 2.19. The Morgan fingerprint density at radius 3 is 2.41 bits per heavy atom. The monoisotopic (exact) mass is 391 g/mol. The summed E-state index contributed by atoms with van der Waals surface area (Å²) in [5, 5.41) is 2.80. The summed E-state index contributed by atoms with van der Waals surface area (Å²) in [5.41, 5.74) is 3.12. The molecule has 0 radical (unpaired) electrons. The Morgan fingerprint density at radius 2 is 1.76 bits per heavy atom. The summed E-state index contributed by atoms with van der Waals surface area (Å²) in [6.45, 7) is 5.39. The highest BCUT2D eigenvalue weighted by molar-refractivity contribution is 5.92. The van der Waals surface area contributed by atoms with Crippen LogP contribution in [0.1, 0.15) is 35.5 Å². The first-order valence-electron chi connectivity index (χ1n) is 9.83. The van der Waals surface area contributed by atoms with Gasteiger partial charge < -0.3 is 10.2 Å². The molecular formula is C24H26FN3O. The molecule has 1 N–H and O–H groups in total. The van der Waals surface area contributed by atoms with Gasteiger partial charge in [0.15, 0.2) is 0 Å². The van der Waals surface area contributed by atoms with Crippen LogP contribution in [0.15, 0.2) is 72.9 Å². The van der Waals surface area contributed by atoms with Crippen molar-refractivity contribution < 1.29 is 9.18 Å². The first-order valence-corrected chi connectivity index (χ1v) is 9.83. The van der Waals surface area contributed by atoms with Crippen LogP contribution in [0.4, 0.5) is 10.1 Å². The van der Waals surface area contributed by atoms with Crippen LogP contribution in [0, 0.1) is 5.82 Å². The van der Waals surface area contributed by atoms with Crippen molar-refractivity contribution in [3.63, 3.8) is 0 Å². The lowest BCUT2D eigenvalue weighted by Crippen LogP contribution is -2.30. The lowest BCUT2D eigenvalue weighted by atomic mass is 10.1. The van der Waals surface area contributed by atoms with E-state index in [1.807, 2.05) is 24.3 Å². The van der Waals surface area contributed by atoms with Crippen molar-refractivity contribution in [2.24, 2.45) is 0 Å². The van der Waals surface area contributed by atoms with E-state index in [0.717, 1.165) is 12.2 Å². The summed E-state index contributed by atoms with van der Waals surface area (Å²) in [6.07, 6.45) is 2.17. The smallest absolute Gasteiger partial charge is 0.269 e. The van der Waals surface area contributed by atoms with Crippen LogP contribution in [0.3, 0.4) is 0 Å². The molecule has 0 aliphatic heterocycles. The van der Waals surface area contributed by atoms with Crippen LogP contribution in [-0.2, 0) is 13.0 Å². The molecule has 0 aliphatic carbocycles. The summed E-state index contributed by atoms with van der Waals surface area (Å²) in [4.78, 5) is 18.9. The zero-order chi connectivity index (χ0) is 20.6. The maximum atomic E-state index is 13.6. The number of anilines is 1. The van der Waals surface area contributed by atoms with Crippen LogP contribution in [0.2, 0.25) is 0 Å². The number of nitrogens with one attached hydrogen (secondary N) is 1. The summed E-state index contributed by atoms with van der Waals surface area (Å²) in [5.74, 6) is -0.511. The lowest BCUT2D eigenvalue weighted by molar-refractivity contribution is 0.0949. The Hall–Kier alpha value is -3.21. The molecule has 5 heteroatoms. The van der Waals surface area contributed by atoms with Crippen molar-refractivity contribution in [2.75, 3.05) is 11.4 Å². The Balaban J connectivity index is 1.60.